The van der Waals surface area contributed by atoms with E-state index in [1.165, 1.54) is 24.3 Å². The molecule has 0 aliphatic carbocycles. The summed E-state index contributed by atoms with van der Waals surface area (Å²) in [6.45, 7) is 3.97. The maximum atomic E-state index is 11.9. The Balaban J connectivity index is 1.87. The molecule has 2 amide bonds. The lowest BCUT2D eigenvalue weighted by Gasteiger charge is -2.05. The average molecular weight is 367 g/mol. The smallest absolute Gasteiger partial charge is 0.270 e. The predicted octanol–water partition coefficient (Wildman–Crippen LogP) is 2.63. The summed E-state index contributed by atoms with van der Waals surface area (Å²) in [4.78, 5) is 33.8. The minimum absolute atomic E-state index is 0.0589. The van der Waals surface area contributed by atoms with Crippen LogP contribution in [0.1, 0.15) is 15.9 Å². The number of hydrogen-bond donors (Lipinski definition) is 2. The van der Waals surface area contributed by atoms with Crippen molar-refractivity contribution in [1.82, 2.24) is 10.9 Å². The van der Waals surface area contributed by atoms with Gasteiger partial charge in [-0.2, -0.15) is 0 Å². The largest absolute Gasteiger partial charge is 0.490 e. The molecule has 0 saturated heterocycles. The lowest BCUT2D eigenvalue weighted by atomic mass is 10.2. The zero-order valence-electron chi connectivity index (χ0n) is 14.3. The van der Waals surface area contributed by atoms with E-state index < -0.39 is 16.7 Å². The second-order valence-electron chi connectivity index (χ2n) is 5.25. The predicted molar refractivity (Wildman–Crippen MR) is 99.9 cm³/mol. The third-order valence-corrected chi connectivity index (χ3v) is 3.29. The minimum atomic E-state index is -0.663. The van der Waals surface area contributed by atoms with Gasteiger partial charge in [-0.1, -0.05) is 30.9 Å². The SMILES string of the molecule is C=CCOc1ccc(/C=C/C(=O)NNC(=O)c2cccc([N+](=O)[O-])c2)cc1. The van der Waals surface area contributed by atoms with Crippen LogP contribution in [0.5, 0.6) is 5.75 Å². The molecule has 27 heavy (non-hydrogen) atoms. The number of non-ortho nitro benzene ring substituents is 1. The number of carbonyl (C=O) groups is 2. The molecule has 0 spiro atoms. The van der Waals surface area contributed by atoms with Crippen molar-refractivity contribution >= 4 is 23.6 Å². The normalized spacial score (nSPS) is 10.2. The van der Waals surface area contributed by atoms with Crippen molar-refractivity contribution in [1.29, 1.82) is 0 Å². The highest BCUT2D eigenvalue weighted by molar-refractivity contribution is 5.98. The third-order valence-electron chi connectivity index (χ3n) is 3.29. The number of hydrogen-bond acceptors (Lipinski definition) is 5. The molecule has 0 heterocycles. The summed E-state index contributed by atoms with van der Waals surface area (Å²) >= 11 is 0. The first-order valence-electron chi connectivity index (χ1n) is 7.86. The second-order valence-corrected chi connectivity index (χ2v) is 5.25. The van der Waals surface area contributed by atoms with Crippen LogP contribution in [-0.4, -0.2) is 23.3 Å². The topological polar surface area (TPSA) is 111 Å². The Labute approximate surface area is 155 Å². The summed E-state index contributed by atoms with van der Waals surface area (Å²) in [6, 6.07) is 12.2. The first-order chi connectivity index (χ1) is 13.0. The lowest BCUT2D eigenvalue weighted by molar-refractivity contribution is -0.384. The fourth-order valence-electron chi connectivity index (χ4n) is 2.00. The number of nitro benzene ring substituents is 1. The average Bonchev–Trinajstić information content (AvgIpc) is 2.69. The Morgan fingerprint density at radius 1 is 1.15 bits per heavy atom. The molecule has 8 nitrogen and oxygen atoms in total. The molecule has 0 unspecified atom stereocenters. The van der Waals surface area contributed by atoms with Crippen molar-refractivity contribution in [2.24, 2.45) is 0 Å². The summed E-state index contributed by atoms with van der Waals surface area (Å²) in [7, 11) is 0. The number of benzene rings is 2. The molecular formula is C19H17N3O5. The maximum Gasteiger partial charge on any atom is 0.270 e. The van der Waals surface area contributed by atoms with Gasteiger partial charge in [0.05, 0.1) is 4.92 Å². The molecule has 0 aliphatic rings. The van der Waals surface area contributed by atoms with Crippen molar-refractivity contribution in [3.63, 3.8) is 0 Å². The molecule has 2 aromatic rings. The molecular weight excluding hydrogens is 350 g/mol. The van der Waals surface area contributed by atoms with Crippen molar-refractivity contribution in [2.75, 3.05) is 6.61 Å². The van der Waals surface area contributed by atoms with Crippen LogP contribution >= 0.6 is 0 Å². The fourth-order valence-corrected chi connectivity index (χ4v) is 2.00. The fraction of sp³-hybridized carbons (Fsp3) is 0.0526. The number of nitrogens with one attached hydrogen (secondary N) is 2. The Kier molecular flexibility index (Phi) is 6.83. The van der Waals surface area contributed by atoms with Crippen LogP contribution in [0.2, 0.25) is 0 Å². The number of amides is 2. The summed E-state index contributed by atoms with van der Waals surface area (Å²) in [5.74, 6) is -0.536. The van der Waals surface area contributed by atoms with Gasteiger partial charge in [-0.05, 0) is 29.8 Å². The molecule has 2 N–H and O–H groups in total. The molecule has 0 saturated carbocycles. The van der Waals surface area contributed by atoms with Gasteiger partial charge in [0.15, 0.2) is 0 Å². The van der Waals surface area contributed by atoms with E-state index in [4.69, 9.17) is 4.74 Å². The van der Waals surface area contributed by atoms with Crippen LogP contribution in [0.15, 0.2) is 67.3 Å². The highest BCUT2D eigenvalue weighted by Gasteiger charge is 2.11. The minimum Gasteiger partial charge on any atom is -0.490 e. The first kappa shape index (κ1) is 19.4. The highest BCUT2D eigenvalue weighted by Crippen LogP contribution is 2.13. The van der Waals surface area contributed by atoms with E-state index in [2.05, 4.69) is 17.4 Å². The maximum absolute atomic E-state index is 11.9. The molecule has 0 fully saturated rings. The van der Waals surface area contributed by atoms with Crippen molar-refractivity contribution in [3.05, 3.63) is 88.5 Å². The summed E-state index contributed by atoms with van der Waals surface area (Å²) in [6.07, 6.45) is 4.44. The van der Waals surface area contributed by atoms with Gasteiger partial charge in [-0.25, -0.2) is 0 Å². The molecule has 0 aliphatic heterocycles. The van der Waals surface area contributed by atoms with Crippen LogP contribution in [0.25, 0.3) is 6.08 Å². The van der Waals surface area contributed by atoms with Crippen LogP contribution in [-0.2, 0) is 4.79 Å². The standard InChI is InChI=1S/C19H17N3O5/c1-2-12-27-17-9-6-14(7-10-17)8-11-18(23)20-21-19(24)15-4-3-5-16(13-15)22(25)26/h2-11,13H,1,12H2,(H,20,23)(H,21,24)/b11-8+. The molecule has 0 radical (unpaired) electrons. The van der Waals surface area contributed by atoms with E-state index in [-0.39, 0.29) is 11.3 Å². The lowest BCUT2D eigenvalue weighted by Crippen LogP contribution is -2.40. The molecule has 0 bridgehead atoms. The van der Waals surface area contributed by atoms with Gasteiger partial charge in [0.1, 0.15) is 12.4 Å². The number of hydrazine groups is 1. The molecule has 2 aromatic carbocycles. The monoisotopic (exact) mass is 367 g/mol. The van der Waals surface area contributed by atoms with Gasteiger partial charge >= 0.3 is 0 Å². The first-order valence-corrected chi connectivity index (χ1v) is 7.86. The van der Waals surface area contributed by atoms with Crippen LogP contribution in [0.4, 0.5) is 5.69 Å². The molecule has 2 rings (SSSR count). The zero-order valence-corrected chi connectivity index (χ0v) is 14.3. The Bertz CT molecular complexity index is 875. The Morgan fingerprint density at radius 2 is 1.89 bits per heavy atom. The number of rotatable bonds is 7. The van der Waals surface area contributed by atoms with Crippen LogP contribution < -0.4 is 15.6 Å². The number of ether oxygens (including phenoxy) is 1. The molecule has 0 aromatic heterocycles. The summed E-state index contributed by atoms with van der Waals surface area (Å²) in [5.41, 5.74) is 5.01. The van der Waals surface area contributed by atoms with Gasteiger partial charge in [-0.3, -0.25) is 30.6 Å². The van der Waals surface area contributed by atoms with E-state index in [0.717, 1.165) is 11.6 Å². The Hall–Kier alpha value is -3.94. The van der Waals surface area contributed by atoms with Gasteiger partial charge in [0, 0.05) is 23.8 Å². The molecule has 8 heteroatoms. The van der Waals surface area contributed by atoms with E-state index in [0.29, 0.717) is 12.4 Å². The van der Waals surface area contributed by atoms with Gasteiger partial charge in [-0.15, -0.1) is 0 Å². The van der Waals surface area contributed by atoms with Crippen molar-refractivity contribution in [3.8, 4) is 5.75 Å². The van der Waals surface area contributed by atoms with E-state index in [9.17, 15) is 19.7 Å². The quantitative estimate of drug-likeness (QED) is 0.338. The van der Waals surface area contributed by atoms with Crippen molar-refractivity contribution < 1.29 is 19.2 Å². The number of nitrogens with zero attached hydrogens (tertiary/aromatic N) is 1. The van der Waals surface area contributed by atoms with E-state index in [1.807, 2.05) is 0 Å². The Morgan fingerprint density at radius 3 is 2.56 bits per heavy atom. The number of nitro groups is 1. The summed E-state index contributed by atoms with van der Waals surface area (Å²) < 4.78 is 5.35. The van der Waals surface area contributed by atoms with Crippen LogP contribution in [0.3, 0.4) is 0 Å². The molecule has 0 atom stereocenters. The second kappa shape index (κ2) is 9.52. The number of carbonyl (C=O) groups excluding carboxylic acids is 2. The van der Waals surface area contributed by atoms with Gasteiger partial charge in [0.2, 0.25) is 0 Å². The van der Waals surface area contributed by atoms with Gasteiger partial charge < -0.3 is 4.74 Å². The van der Waals surface area contributed by atoms with E-state index in [1.54, 1.807) is 36.4 Å². The van der Waals surface area contributed by atoms with Crippen LogP contribution in [0, 0.1) is 10.1 Å². The van der Waals surface area contributed by atoms with E-state index >= 15 is 0 Å². The van der Waals surface area contributed by atoms with Crippen molar-refractivity contribution in [2.45, 2.75) is 0 Å². The summed E-state index contributed by atoms with van der Waals surface area (Å²) in [5, 5.41) is 10.7. The highest BCUT2D eigenvalue weighted by atomic mass is 16.6. The molecule has 138 valence electrons. The van der Waals surface area contributed by atoms with Gasteiger partial charge in [0.25, 0.3) is 17.5 Å². The third kappa shape index (κ3) is 6.13. The zero-order chi connectivity index (χ0) is 19.6.